The summed E-state index contributed by atoms with van der Waals surface area (Å²) in [5, 5.41) is 3.62. The van der Waals surface area contributed by atoms with E-state index in [1.807, 2.05) is 7.05 Å². The Morgan fingerprint density at radius 1 is 1.09 bits per heavy atom. The fraction of sp³-hybridized carbons (Fsp3) is 0.944. The van der Waals surface area contributed by atoms with Crippen molar-refractivity contribution < 1.29 is 4.74 Å². The Balaban J connectivity index is 1.59. The highest BCUT2D eigenvalue weighted by atomic mass is 16.5. The number of aliphatic imine (C=N–C) groups is 1. The van der Waals surface area contributed by atoms with E-state index >= 15 is 0 Å². The first-order valence-corrected chi connectivity index (χ1v) is 9.18. The summed E-state index contributed by atoms with van der Waals surface area (Å²) in [6.45, 7) is 7.39. The Kier molecular flexibility index (Phi) is 4.96. The van der Waals surface area contributed by atoms with Gasteiger partial charge >= 0.3 is 0 Å². The number of hydrogen-bond donors (Lipinski definition) is 1. The SMILES string of the molecule is CN=C(NCC1(C)COC1)N1CCCC2(CCCCCC2)C1. The van der Waals surface area contributed by atoms with Crippen molar-refractivity contribution in [3.8, 4) is 0 Å². The van der Waals surface area contributed by atoms with E-state index in [0.717, 1.165) is 32.3 Å². The lowest BCUT2D eigenvalue weighted by Gasteiger charge is -2.45. The minimum Gasteiger partial charge on any atom is -0.380 e. The largest absolute Gasteiger partial charge is 0.380 e. The quantitative estimate of drug-likeness (QED) is 0.629. The summed E-state index contributed by atoms with van der Waals surface area (Å²) < 4.78 is 5.36. The minimum atomic E-state index is 0.297. The van der Waals surface area contributed by atoms with Crippen LogP contribution < -0.4 is 5.32 Å². The Morgan fingerprint density at radius 3 is 2.36 bits per heavy atom. The van der Waals surface area contributed by atoms with E-state index in [9.17, 15) is 0 Å². The molecule has 3 fully saturated rings. The molecule has 2 aliphatic heterocycles. The summed E-state index contributed by atoms with van der Waals surface area (Å²) in [6.07, 6.45) is 11.3. The number of piperidine rings is 1. The molecule has 0 atom stereocenters. The number of rotatable bonds is 2. The van der Waals surface area contributed by atoms with Gasteiger partial charge in [0.05, 0.1) is 13.2 Å². The minimum absolute atomic E-state index is 0.297. The molecule has 126 valence electrons. The standard InChI is InChI=1S/C18H33N3O/c1-17(14-22-15-17)12-20-16(19-2)21-11-7-10-18(13-21)8-5-3-4-6-9-18/h3-15H2,1-2H3,(H,19,20). The fourth-order valence-corrected chi connectivity index (χ4v) is 4.45. The lowest BCUT2D eigenvalue weighted by atomic mass is 9.74. The zero-order valence-electron chi connectivity index (χ0n) is 14.5. The molecule has 0 amide bonds. The van der Waals surface area contributed by atoms with Crippen LogP contribution in [-0.2, 0) is 4.74 Å². The van der Waals surface area contributed by atoms with Crippen LogP contribution in [0.15, 0.2) is 4.99 Å². The van der Waals surface area contributed by atoms with Crippen molar-refractivity contribution in [2.24, 2.45) is 15.8 Å². The highest BCUT2D eigenvalue weighted by Crippen LogP contribution is 2.42. The third kappa shape index (κ3) is 3.58. The molecule has 2 heterocycles. The molecule has 0 radical (unpaired) electrons. The van der Waals surface area contributed by atoms with Crippen molar-refractivity contribution in [1.29, 1.82) is 0 Å². The molecule has 2 saturated heterocycles. The molecule has 0 unspecified atom stereocenters. The van der Waals surface area contributed by atoms with Gasteiger partial charge in [-0.05, 0) is 31.1 Å². The Hall–Kier alpha value is -0.770. The maximum Gasteiger partial charge on any atom is 0.193 e. The molecular weight excluding hydrogens is 274 g/mol. The summed E-state index contributed by atoms with van der Waals surface area (Å²) in [6, 6.07) is 0. The Labute approximate surface area is 135 Å². The van der Waals surface area contributed by atoms with Crippen LogP contribution in [0.1, 0.15) is 58.3 Å². The Bertz CT molecular complexity index is 395. The lowest BCUT2D eigenvalue weighted by Crippen LogP contribution is -2.54. The highest BCUT2D eigenvalue weighted by molar-refractivity contribution is 5.80. The smallest absolute Gasteiger partial charge is 0.193 e. The summed E-state index contributed by atoms with van der Waals surface area (Å²) in [5.74, 6) is 1.11. The van der Waals surface area contributed by atoms with Crippen LogP contribution in [0, 0.1) is 10.8 Å². The van der Waals surface area contributed by atoms with Crippen LogP contribution in [0.3, 0.4) is 0 Å². The van der Waals surface area contributed by atoms with Crippen molar-refractivity contribution in [2.75, 3.05) is 39.9 Å². The topological polar surface area (TPSA) is 36.9 Å². The first-order valence-electron chi connectivity index (χ1n) is 9.18. The third-order valence-electron chi connectivity index (χ3n) is 5.91. The monoisotopic (exact) mass is 307 g/mol. The Morgan fingerprint density at radius 2 is 1.77 bits per heavy atom. The van der Waals surface area contributed by atoms with Crippen LogP contribution in [0.5, 0.6) is 0 Å². The number of nitrogens with zero attached hydrogens (tertiary/aromatic N) is 2. The zero-order valence-corrected chi connectivity index (χ0v) is 14.5. The van der Waals surface area contributed by atoms with E-state index in [4.69, 9.17) is 4.74 Å². The second-order valence-corrected chi connectivity index (χ2v) is 8.14. The molecule has 1 saturated carbocycles. The summed E-state index contributed by atoms with van der Waals surface area (Å²) in [5.41, 5.74) is 0.863. The molecule has 0 aromatic heterocycles. The molecule has 3 rings (SSSR count). The third-order valence-corrected chi connectivity index (χ3v) is 5.91. The fourth-order valence-electron chi connectivity index (χ4n) is 4.45. The van der Waals surface area contributed by atoms with E-state index in [2.05, 4.69) is 22.1 Å². The van der Waals surface area contributed by atoms with Gasteiger partial charge in [0.1, 0.15) is 0 Å². The average Bonchev–Trinajstić information content (AvgIpc) is 2.72. The molecule has 4 nitrogen and oxygen atoms in total. The molecule has 0 aromatic rings. The summed E-state index contributed by atoms with van der Waals surface area (Å²) >= 11 is 0. The second kappa shape index (κ2) is 6.77. The lowest BCUT2D eigenvalue weighted by molar-refractivity contribution is -0.0973. The van der Waals surface area contributed by atoms with Gasteiger partial charge in [0, 0.05) is 32.1 Å². The predicted octanol–water partition coefficient (Wildman–Crippen LogP) is 3.03. The van der Waals surface area contributed by atoms with E-state index < -0.39 is 0 Å². The van der Waals surface area contributed by atoms with Crippen LogP contribution in [0.25, 0.3) is 0 Å². The number of guanidine groups is 1. The maximum atomic E-state index is 5.36. The zero-order chi connectivity index (χ0) is 15.5. The average molecular weight is 307 g/mol. The van der Waals surface area contributed by atoms with E-state index in [0.29, 0.717) is 10.8 Å². The molecule has 0 aromatic carbocycles. The predicted molar refractivity (Wildman–Crippen MR) is 91.2 cm³/mol. The van der Waals surface area contributed by atoms with Crippen molar-refractivity contribution in [2.45, 2.75) is 58.3 Å². The van der Waals surface area contributed by atoms with E-state index in [-0.39, 0.29) is 0 Å². The van der Waals surface area contributed by atoms with Crippen LogP contribution in [0.2, 0.25) is 0 Å². The number of ether oxygens (including phenoxy) is 1. The van der Waals surface area contributed by atoms with Gasteiger partial charge in [0.25, 0.3) is 0 Å². The van der Waals surface area contributed by atoms with Crippen molar-refractivity contribution in [3.05, 3.63) is 0 Å². The van der Waals surface area contributed by atoms with Gasteiger partial charge in [-0.1, -0.05) is 32.6 Å². The highest BCUT2D eigenvalue weighted by Gasteiger charge is 2.38. The van der Waals surface area contributed by atoms with Crippen molar-refractivity contribution in [1.82, 2.24) is 10.2 Å². The van der Waals surface area contributed by atoms with Gasteiger partial charge in [-0.25, -0.2) is 0 Å². The van der Waals surface area contributed by atoms with Gasteiger partial charge in [-0.2, -0.15) is 0 Å². The molecule has 1 spiro atoms. The molecule has 22 heavy (non-hydrogen) atoms. The van der Waals surface area contributed by atoms with E-state index in [1.54, 1.807) is 0 Å². The summed E-state index contributed by atoms with van der Waals surface area (Å²) in [4.78, 5) is 7.09. The second-order valence-electron chi connectivity index (χ2n) is 8.14. The van der Waals surface area contributed by atoms with Gasteiger partial charge < -0.3 is 15.0 Å². The molecule has 3 aliphatic rings. The van der Waals surface area contributed by atoms with Crippen LogP contribution in [0.4, 0.5) is 0 Å². The molecule has 4 heteroatoms. The van der Waals surface area contributed by atoms with Crippen LogP contribution in [-0.4, -0.2) is 50.8 Å². The van der Waals surface area contributed by atoms with Gasteiger partial charge in [-0.15, -0.1) is 0 Å². The number of nitrogens with one attached hydrogen (secondary N) is 1. The van der Waals surface area contributed by atoms with E-state index in [1.165, 1.54) is 57.9 Å². The summed E-state index contributed by atoms with van der Waals surface area (Å²) in [7, 11) is 1.93. The van der Waals surface area contributed by atoms with Crippen molar-refractivity contribution >= 4 is 5.96 Å². The van der Waals surface area contributed by atoms with Gasteiger partial charge in [-0.3, -0.25) is 4.99 Å². The van der Waals surface area contributed by atoms with Gasteiger partial charge in [0.15, 0.2) is 5.96 Å². The maximum absolute atomic E-state index is 5.36. The van der Waals surface area contributed by atoms with Crippen molar-refractivity contribution in [3.63, 3.8) is 0 Å². The molecule has 1 aliphatic carbocycles. The number of hydrogen-bond acceptors (Lipinski definition) is 2. The van der Waals surface area contributed by atoms with Gasteiger partial charge in [0.2, 0.25) is 0 Å². The normalized spacial score (nSPS) is 28.1. The molecular formula is C18H33N3O. The number of likely N-dealkylation sites (tertiary alicyclic amines) is 1. The molecule has 0 bridgehead atoms. The first kappa shape index (κ1) is 16.1. The van der Waals surface area contributed by atoms with Crippen LogP contribution >= 0.6 is 0 Å². The molecule has 1 N–H and O–H groups in total. The first-order chi connectivity index (χ1) is 10.6.